The summed E-state index contributed by atoms with van der Waals surface area (Å²) in [7, 11) is 1.61. The molecule has 7 nitrogen and oxygen atoms in total. The number of nitrogens with zero attached hydrogens (tertiary/aromatic N) is 3. The molecule has 1 unspecified atom stereocenters. The lowest BCUT2D eigenvalue weighted by Crippen LogP contribution is -2.29. The van der Waals surface area contributed by atoms with Crippen molar-refractivity contribution < 1.29 is 0 Å². The van der Waals surface area contributed by atoms with Crippen molar-refractivity contribution in [2.75, 3.05) is 5.32 Å². The van der Waals surface area contributed by atoms with Gasteiger partial charge in [-0.3, -0.25) is 18.9 Å². The van der Waals surface area contributed by atoms with Crippen LogP contribution in [-0.2, 0) is 13.6 Å². The number of anilines is 1. The van der Waals surface area contributed by atoms with E-state index >= 15 is 0 Å². The number of nitrogens with one attached hydrogen (secondary N) is 2. The van der Waals surface area contributed by atoms with Crippen LogP contribution in [0.1, 0.15) is 29.7 Å². The van der Waals surface area contributed by atoms with Crippen LogP contribution in [0.4, 0.5) is 5.95 Å². The van der Waals surface area contributed by atoms with E-state index in [1.807, 2.05) is 73.0 Å². The lowest BCUT2D eigenvalue weighted by atomic mass is 10.1. The van der Waals surface area contributed by atoms with Crippen LogP contribution >= 0.6 is 0 Å². The molecular formula is C22H23N5O2. The summed E-state index contributed by atoms with van der Waals surface area (Å²) in [6.07, 6.45) is 0. The normalized spacial score (nSPS) is 12.2. The van der Waals surface area contributed by atoms with Gasteiger partial charge in [-0.05, 0) is 30.5 Å². The van der Waals surface area contributed by atoms with Crippen LogP contribution in [0.5, 0.6) is 0 Å². The van der Waals surface area contributed by atoms with Gasteiger partial charge in [0.05, 0.1) is 12.6 Å². The van der Waals surface area contributed by atoms with E-state index < -0.39 is 11.2 Å². The minimum atomic E-state index is -0.481. The molecule has 2 N–H and O–H groups in total. The Labute approximate surface area is 167 Å². The van der Waals surface area contributed by atoms with E-state index in [1.54, 1.807) is 7.05 Å². The number of imidazole rings is 1. The number of rotatable bonds is 5. The molecular weight excluding hydrogens is 366 g/mol. The molecule has 0 fully saturated rings. The molecule has 2 aromatic heterocycles. The first-order chi connectivity index (χ1) is 14.0. The van der Waals surface area contributed by atoms with Gasteiger partial charge in [-0.25, -0.2) is 4.79 Å². The molecule has 0 amide bonds. The number of aromatic nitrogens is 4. The van der Waals surface area contributed by atoms with Crippen molar-refractivity contribution in [3.05, 3.63) is 92.1 Å². The van der Waals surface area contributed by atoms with Crippen molar-refractivity contribution >= 4 is 17.1 Å². The maximum Gasteiger partial charge on any atom is 0.329 e. The SMILES string of the molecule is Cc1ccccc1Cn1c(NC(C)c2ccccc2)nc2c1c(=O)[nH]c(=O)n2C. The Morgan fingerprint density at radius 1 is 1.07 bits per heavy atom. The minimum absolute atomic E-state index is 0.0280. The highest BCUT2D eigenvalue weighted by molar-refractivity contribution is 5.74. The lowest BCUT2D eigenvalue weighted by molar-refractivity contribution is 0.779. The number of fused-ring (bicyclic) bond motifs is 1. The third-order valence-electron chi connectivity index (χ3n) is 5.24. The van der Waals surface area contributed by atoms with Crippen molar-refractivity contribution in [3.8, 4) is 0 Å². The molecule has 4 rings (SSSR count). The Balaban J connectivity index is 1.87. The average molecular weight is 389 g/mol. The Morgan fingerprint density at radius 2 is 1.76 bits per heavy atom. The monoisotopic (exact) mass is 389 g/mol. The fourth-order valence-corrected chi connectivity index (χ4v) is 3.48. The Bertz CT molecular complexity index is 1280. The first kappa shape index (κ1) is 18.7. The summed E-state index contributed by atoms with van der Waals surface area (Å²) in [5.41, 5.74) is 3.11. The second-order valence-corrected chi connectivity index (χ2v) is 7.22. The fraction of sp³-hybridized carbons (Fsp3) is 0.227. The summed E-state index contributed by atoms with van der Waals surface area (Å²) >= 11 is 0. The van der Waals surface area contributed by atoms with Crippen LogP contribution in [0.2, 0.25) is 0 Å². The molecule has 0 spiro atoms. The molecule has 1 atom stereocenters. The maximum atomic E-state index is 12.7. The molecule has 0 radical (unpaired) electrons. The summed E-state index contributed by atoms with van der Waals surface area (Å²) in [6, 6.07) is 18.0. The Hall–Kier alpha value is -3.61. The van der Waals surface area contributed by atoms with E-state index in [1.165, 1.54) is 4.57 Å². The molecule has 148 valence electrons. The highest BCUT2D eigenvalue weighted by atomic mass is 16.2. The van der Waals surface area contributed by atoms with Gasteiger partial charge in [0.15, 0.2) is 11.2 Å². The molecule has 29 heavy (non-hydrogen) atoms. The van der Waals surface area contributed by atoms with Crippen molar-refractivity contribution in [3.63, 3.8) is 0 Å². The molecule has 0 aliphatic rings. The van der Waals surface area contributed by atoms with Crippen LogP contribution in [0.3, 0.4) is 0 Å². The van der Waals surface area contributed by atoms with Gasteiger partial charge in [0.1, 0.15) is 0 Å². The van der Waals surface area contributed by atoms with Crippen LogP contribution in [0.15, 0.2) is 64.2 Å². The number of aryl methyl sites for hydroxylation is 2. The molecule has 2 heterocycles. The van der Waals surface area contributed by atoms with Crippen LogP contribution in [0.25, 0.3) is 11.2 Å². The molecule has 0 bridgehead atoms. The van der Waals surface area contributed by atoms with Crippen molar-refractivity contribution in [1.29, 1.82) is 0 Å². The fourth-order valence-electron chi connectivity index (χ4n) is 3.48. The average Bonchev–Trinajstić information content (AvgIpc) is 3.07. The standard InChI is InChI=1S/C22H23N5O2/c1-14-9-7-8-12-17(14)13-27-18-19(26(3)22(29)25-20(18)28)24-21(27)23-15(2)16-10-5-4-6-11-16/h4-12,15H,13H2,1-3H3,(H,23,24)(H,25,28,29). The highest BCUT2D eigenvalue weighted by Gasteiger charge is 2.19. The van der Waals surface area contributed by atoms with Crippen LogP contribution in [-0.4, -0.2) is 19.1 Å². The van der Waals surface area contributed by atoms with Gasteiger partial charge in [0.25, 0.3) is 5.56 Å². The zero-order valence-corrected chi connectivity index (χ0v) is 16.6. The van der Waals surface area contributed by atoms with E-state index in [9.17, 15) is 9.59 Å². The largest absolute Gasteiger partial charge is 0.349 e. The molecule has 2 aromatic carbocycles. The van der Waals surface area contributed by atoms with E-state index in [2.05, 4.69) is 15.3 Å². The van der Waals surface area contributed by atoms with E-state index in [0.717, 1.165) is 16.7 Å². The van der Waals surface area contributed by atoms with Crippen molar-refractivity contribution in [2.45, 2.75) is 26.4 Å². The van der Waals surface area contributed by atoms with Gasteiger partial charge in [-0.2, -0.15) is 4.98 Å². The minimum Gasteiger partial charge on any atom is -0.349 e. The van der Waals surface area contributed by atoms with Gasteiger partial charge < -0.3 is 5.32 Å². The molecule has 7 heteroatoms. The number of aromatic amines is 1. The van der Waals surface area contributed by atoms with Gasteiger partial charge in [-0.1, -0.05) is 54.6 Å². The third-order valence-corrected chi connectivity index (χ3v) is 5.24. The smallest absolute Gasteiger partial charge is 0.329 e. The third kappa shape index (κ3) is 3.47. The van der Waals surface area contributed by atoms with Gasteiger partial charge >= 0.3 is 5.69 Å². The molecule has 0 aliphatic heterocycles. The quantitative estimate of drug-likeness (QED) is 0.550. The van der Waals surface area contributed by atoms with Crippen LogP contribution in [0, 0.1) is 6.92 Å². The van der Waals surface area contributed by atoms with E-state index in [-0.39, 0.29) is 6.04 Å². The summed E-state index contributed by atoms with van der Waals surface area (Å²) < 4.78 is 3.21. The first-order valence-corrected chi connectivity index (χ1v) is 9.51. The van der Waals surface area contributed by atoms with Gasteiger partial charge in [0.2, 0.25) is 5.95 Å². The summed E-state index contributed by atoms with van der Waals surface area (Å²) in [6.45, 7) is 4.54. The Morgan fingerprint density at radius 3 is 2.48 bits per heavy atom. The Kier molecular flexibility index (Phi) is 4.80. The number of benzene rings is 2. The number of hydrogen-bond acceptors (Lipinski definition) is 4. The first-order valence-electron chi connectivity index (χ1n) is 9.51. The van der Waals surface area contributed by atoms with Crippen molar-refractivity contribution in [2.24, 2.45) is 7.05 Å². The predicted octanol–water partition coefficient (Wildman–Crippen LogP) is 2.95. The van der Waals surface area contributed by atoms with Crippen LogP contribution < -0.4 is 16.6 Å². The number of hydrogen-bond donors (Lipinski definition) is 2. The lowest BCUT2D eigenvalue weighted by Gasteiger charge is -2.17. The molecule has 0 aliphatic carbocycles. The molecule has 0 saturated heterocycles. The van der Waals surface area contributed by atoms with Crippen molar-refractivity contribution in [1.82, 2.24) is 19.1 Å². The molecule has 4 aromatic rings. The van der Waals surface area contributed by atoms with E-state index in [0.29, 0.717) is 23.7 Å². The number of H-pyrrole nitrogens is 1. The van der Waals surface area contributed by atoms with Gasteiger partial charge in [0, 0.05) is 7.05 Å². The topological polar surface area (TPSA) is 84.7 Å². The second-order valence-electron chi connectivity index (χ2n) is 7.22. The predicted molar refractivity (Wildman–Crippen MR) is 114 cm³/mol. The summed E-state index contributed by atoms with van der Waals surface area (Å²) in [5, 5.41) is 3.41. The zero-order chi connectivity index (χ0) is 20.5. The highest BCUT2D eigenvalue weighted by Crippen LogP contribution is 2.23. The van der Waals surface area contributed by atoms with E-state index in [4.69, 9.17) is 0 Å². The summed E-state index contributed by atoms with van der Waals surface area (Å²) in [5.74, 6) is 0.548. The zero-order valence-electron chi connectivity index (χ0n) is 16.6. The maximum absolute atomic E-state index is 12.7. The molecule has 0 saturated carbocycles. The second kappa shape index (κ2) is 7.43. The van der Waals surface area contributed by atoms with Gasteiger partial charge in [-0.15, -0.1) is 0 Å². The summed E-state index contributed by atoms with van der Waals surface area (Å²) in [4.78, 5) is 31.7.